The number of nitrogens with zero attached hydrogens (tertiary/aromatic N) is 3. The van der Waals surface area contributed by atoms with Gasteiger partial charge >= 0.3 is 0 Å². The quantitative estimate of drug-likeness (QED) is 0.810. The summed E-state index contributed by atoms with van der Waals surface area (Å²) in [7, 11) is 0. The van der Waals surface area contributed by atoms with Crippen LogP contribution < -0.4 is 16.0 Å². The summed E-state index contributed by atoms with van der Waals surface area (Å²) in [6, 6.07) is 0. The molecular weight excluding hydrogens is 322 g/mol. The lowest BCUT2D eigenvalue weighted by atomic mass is 9.70. The number of aromatic nitrogens is 2. The maximum atomic E-state index is 6.22. The van der Waals surface area contributed by atoms with Gasteiger partial charge in [0.05, 0.1) is 5.69 Å². The highest BCUT2D eigenvalue weighted by Crippen LogP contribution is 2.50. The summed E-state index contributed by atoms with van der Waals surface area (Å²) in [5.74, 6) is 1.68. The minimum Gasteiger partial charge on any atom is -0.368 e. The van der Waals surface area contributed by atoms with Gasteiger partial charge in [0.25, 0.3) is 0 Å². The van der Waals surface area contributed by atoms with Crippen molar-refractivity contribution in [3.63, 3.8) is 0 Å². The van der Waals surface area contributed by atoms with E-state index in [4.69, 9.17) is 15.7 Å². The first kappa shape index (κ1) is 16.8. The Bertz CT molecular complexity index is 663. The van der Waals surface area contributed by atoms with Crippen LogP contribution in [0.1, 0.15) is 75.5 Å². The maximum absolute atomic E-state index is 6.22. The van der Waals surface area contributed by atoms with Crippen molar-refractivity contribution in [2.75, 3.05) is 36.8 Å². The molecule has 2 aliphatic heterocycles. The van der Waals surface area contributed by atoms with E-state index in [0.29, 0.717) is 16.8 Å². The summed E-state index contributed by atoms with van der Waals surface area (Å²) >= 11 is 0. The van der Waals surface area contributed by atoms with Gasteiger partial charge in [0, 0.05) is 24.1 Å². The van der Waals surface area contributed by atoms with Crippen molar-refractivity contribution in [3.8, 4) is 0 Å². The molecule has 0 radical (unpaired) electrons. The molecule has 2 aliphatic carbocycles. The van der Waals surface area contributed by atoms with E-state index in [9.17, 15) is 0 Å². The smallest absolute Gasteiger partial charge is 0.222 e. The molecule has 4 aliphatic rings. The van der Waals surface area contributed by atoms with E-state index in [1.54, 1.807) is 0 Å². The molecule has 5 heteroatoms. The third kappa shape index (κ3) is 2.70. The Morgan fingerprint density at radius 1 is 0.846 bits per heavy atom. The molecule has 5 rings (SSSR count). The SMILES string of the molecule is Nc1nc(N2CCC3(CCNCC3)CC2)c2c(n1)C1(CCCC1)CCC2. The molecule has 5 nitrogen and oxygen atoms in total. The Hall–Kier alpha value is -1.36. The Morgan fingerprint density at radius 2 is 1.54 bits per heavy atom. The minimum absolute atomic E-state index is 0.311. The van der Waals surface area contributed by atoms with Crippen LogP contribution in [-0.4, -0.2) is 36.1 Å². The number of nitrogens with two attached hydrogens (primary N) is 1. The van der Waals surface area contributed by atoms with Crippen LogP contribution in [0.4, 0.5) is 11.8 Å². The van der Waals surface area contributed by atoms with Gasteiger partial charge in [-0.2, -0.15) is 4.98 Å². The molecule has 3 N–H and O–H groups in total. The van der Waals surface area contributed by atoms with Crippen LogP contribution in [0, 0.1) is 5.41 Å². The molecule has 26 heavy (non-hydrogen) atoms. The largest absolute Gasteiger partial charge is 0.368 e. The van der Waals surface area contributed by atoms with E-state index in [0.717, 1.165) is 19.5 Å². The zero-order chi connectivity index (χ0) is 17.6. The highest BCUT2D eigenvalue weighted by Gasteiger charge is 2.43. The Morgan fingerprint density at radius 3 is 2.27 bits per heavy atom. The Kier molecular flexibility index (Phi) is 4.11. The maximum Gasteiger partial charge on any atom is 0.222 e. The van der Waals surface area contributed by atoms with E-state index in [2.05, 4.69) is 10.2 Å². The van der Waals surface area contributed by atoms with E-state index in [1.165, 1.54) is 94.4 Å². The first-order chi connectivity index (χ1) is 12.7. The average Bonchev–Trinajstić information content (AvgIpc) is 3.13. The van der Waals surface area contributed by atoms with Crippen LogP contribution >= 0.6 is 0 Å². The van der Waals surface area contributed by atoms with Gasteiger partial charge in [-0.25, -0.2) is 4.98 Å². The molecule has 0 unspecified atom stereocenters. The normalized spacial score (nSPS) is 27.0. The van der Waals surface area contributed by atoms with E-state index >= 15 is 0 Å². The van der Waals surface area contributed by atoms with Crippen molar-refractivity contribution in [2.24, 2.45) is 5.41 Å². The lowest BCUT2D eigenvalue weighted by molar-refractivity contribution is 0.154. The van der Waals surface area contributed by atoms with Crippen molar-refractivity contribution in [1.29, 1.82) is 0 Å². The van der Waals surface area contributed by atoms with Gasteiger partial charge in [-0.3, -0.25) is 0 Å². The topological polar surface area (TPSA) is 67.1 Å². The number of anilines is 2. The fraction of sp³-hybridized carbons (Fsp3) is 0.810. The molecule has 0 amide bonds. The summed E-state index contributed by atoms with van der Waals surface area (Å²) < 4.78 is 0. The summed E-state index contributed by atoms with van der Waals surface area (Å²) in [6.45, 7) is 4.66. The molecule has 1 aromatic rings. The summed E-state index contributed by atoms with van der Waals surface area (Å²) in [6.07, 6.45) is 14.3. The second kappa shape index (κ2) is 6.36. The molecule has 1 saturated carbocycles. The average molecular weight is 356 g/mol. The lowest BCUT2D eigenvalue weighted by Crippen LogP contribution is -2.46. The van der Waals surface area contributed by atoms with Gasteiger partial charge in [-0.15, -0.1) is 0 Å². The molecular formula is C21H33N5. The van der Waals surface area contributed by atoms with Crippen LogP contribution in [0.15, 0.2) is 0 Å². The van der Waals surface area contributed by atoms with Crippen molar-refractivity contribution in [2.45, 2.75) is 76.0 Å². The van der Waals surface area contributed by atoms with E-state index in [-0.39, 0.29) is 0 Å². The second-order valence-electron chi connectivity index (χ2n) is 9.31. The number of fused-ring (bicyclic) bond motifs is 2. The number of piperidine rings is 2. The number of hydrogen-bond donors (Lipinski definition) is 2. The monoisotopic (exact) mass is 355 g/mol. The van der Waals surface area contributed by atoms with Crippen LogP contribution in [0.5, 0.6) is 0 Å². The van der Waals surface area contributed by atoms with Crippen LogP contribution in [-0.2, 0) is 11.8 Å². The van der Waals surface area contributed by atoms with E-state index in [1.807, 2.05) is 0 Å². The summed E-state index contributed by atoms with van der Waals surface area (Å²) in [5.41, 5.74) is 9.87. The predicted octanol–water partition coefficient (Wildman–Crippen LogP) is 3.18. The first-order valence-corrected chi connectivity index (χ1v) is 10.8. The van der Waals surface area contributed by atoms with Crippen LogP contribution in [0.2, 0.25) is 0 Å². The molecule has 2 saturated heterocycles. The van der Waals surface area contributed by atoms with Crippen molar-refractivity contribution < 1.29 is 0 Å². The molecule has 0 bridgehead atoms. The Labute approximate surface area is 157 Å². The van der Waals surface area contributed by atoms with Gasteiger partial charge in [0.1, 0.15) is 5.82 Å². The number of nitrogen functional groups attached to an aromatic ring is 1. The minimum atomic E-state index is 0.311. The van der Waals surface area contributed by atoms with Crippen LogP contribution in [0.3, 0.4) is 0 Å². The Balaban J connectivity index is 1.44. The van der Waals surface area contributed by atoms with Crippen LogP contribution in [0.25, 0.3) is 0 Å². The third-order valence-electron chi connectivity index (χ3n) is 7.94. The highest BCUT2D eigenvalue weighted by molar-refractivity contribution is 5.55. The van der Waals surface area contributed by atoms with Gasteiger partial charge in [0.15, 0.2) is 0 Å². The molecule has 1 aromatic heterocycles. The van der Waals surface area contributed by atoms with Gasteiger partial charge in [-0.1, -0.05) is 12.8 Å². The molecule has 2 spiro atoms. The third-order valence-corrected chi connectivity index (χ3v) is 7.94. The summed E-state index contributed by atoms with van der Waals surface area (Å²) in [4.78, 5) is 12.1. The standard InChI is InChI=1S/C21H33N5/c22-19-24-17-16(4-3-7-21(17)5-1-2-6-21)18(25-19)26-14-10-20(11-15-26)8-12-23-13-9-20/h23H,1-15H2,(H2,22,24,25). The van der Waals surface area contributed by atoms with Crippen molar-refractivity contribution in [1.82, 2.24) is 15.3 Å². The van der Waals surface area contributed by atoms with Crippen molar-refractivity contribution >= 4 is 11.8 Å². The number of rotatable bonds is 1. The van der Waals surface area contributed by atoms with Gasteiger partial charge < -0.3 is 16.0 Å². The van der Waals surface area contributed by atoms with E-state index < -0.39 is 0 Å². The fourth-order valence-electron chi connectivity index (χ4n) is 6.33. The number of nitrogens with one attached hydrogen (secondary N) is 1. The first-order valence-electron chi connectivity index (χ1n) is 10.8. The molecule has 0 aromatic carbocycles. The predicted molar refractivity (Wildman–Crippen MR) is 106 cm³/mol. The van der Waals surface area contributed by atoms with Gasteiger partial charge in [0.2, 0.25) is 5.95 Å². The fourth-order valence-corrected chi connectivity index (χ4v) is 6.33. The second-order valence-corrected chi connectivity index (χ2v) is 9.31. The lowest BCUT2D eigenvalue weighted by Gasteiger charge is -2.45. The highest BCUT2D eigenvalue weighted by atomic mass is 15.2. The molecule has 3 fully saturated rings. The molecule has 142 valence electrons. The van der Waals surface area contributed by atoms with Crippen molar-refractivity contribution in [3.05, 3.63) is 11.3 Å². The zero-order valence-corrected chi connectivity index (χ0v) is 16.0. The van der Waals surface area contributed by atoms with Gasteiger partial charge in [-0.05, 0) is 76.3 Å². The summed E-state index contributed by atoms with van der Waals surface area (Å²) in [5, 5.41) is 3.52. The molecule has 3 heterocycles. The number of hydrogen-bond acceptors (Lipinski definition) is 5. The zero-order valence-electron chi connectivity index (χ0n) is 16.0. The molecule has 0 atom stereocenters.